The van der Waals surface area contributed by atoms with E-state index in [4.69, 9.17) is 0 Å². The largest absolute Gasteiger partial charge is 0.301 e. The van der Waals surface area contributed by atoms with Gasteiger partial charge in [-0.3, -0.25) is 9.69 Å². The lowest BCUT2D eigenvalue weighted by Crippen LogP contribution is -2.45. The third-order valence-corrected chi connectivity index (χ3v) is 3.77. The molecule has 3 nitrogen and oxygen atoms in total. The average molecular weight is 260 g/mol. The minimum absolute atomic E-state index is 0.139. The Kier molecular flexibility index (Phi) is 5.11. The first-order valence-corrected chi connectivity index (χ1v) is 7.23. The highest BCUT2D eigenvalue weighted by molar-refractivity contribution is 5.93. The standard InChI is InChI=1S/C16H24N2O/c1-3-8-17-9-11-18(12-10-17)13-15-4-6-16(7-5-15)14(2)19/h4-7H,3,8-13H2,1-2H3. The highest BCUT2D eigenvalue weighted by Crippen LogP contribution is 2.10. The maximum Gasteiger partial charge on any atom is 0.159 e. The van der Waals surface area contributed by atoms with Crippen LogP contribution in [0, 0.1) is 0 Å². The Morgan fingerprint density at radius 1 is 1.05 bits per heavy atom. The van der Waals surface area contributed by atoms with Gasteiger partial charge in [-0.1, -0.05) is 31.2 Å². The van der Waals surface area contributed by atoms with Crippen molar-refractivity contribution in [2.24, 2.45) is 0 Å². The Labute approximate surface area is 116 Å². The molecule has 0 unspecified atom stereocenters. The fourth-order valence-corrected chi connectivity index (χ4v) is 2.59. The minimum atomic E-state index is 0.139. The van der Waals surface area contributed by atoms with Crippen molar-refractivity contribution in [3.8, 4) is 0 Å². The van der Waals surface area contributed by atoms with Crippen LogP contribution in [0.2, 0.25) is 0 Å². The predicted molar refractivity (Wildman–Crippen MR) is 78.5 cm³/mol. The molecular formula is C16H24N2O. The normalized spacial score (nSPS) is 17.6. The van der Waals surface area contributed by atoms with Crippen LogP contribution in [0.25, 0.3) is 0 Å². The van der Waals surface area contributed by atoms with Gasteiger partial charge >= 0.3 is 0 Å². The number of hydrogen-bond acceptors (Lipinski definition) is 3. The van der Waals surface area contributed by atoms with Crippen molar-refractivity contribution in [3.63, 3.8) is 0 Å². The molecule has 0 bridgehead atoms. The van der Waals surface area contributed by atoms with E-state index in [1.54, 1.807) is 6.92 Å². The molecule has 19 heavy (non-hydrogen) atoms. The second-order valence-electron chi connectivity index (χ2n) is 5.37. The van der Waals surface area contributed by atoms with E-state index in [-0.39, 0.29) is 5.78 Å². The zero-order valence-corrected chi connectivity index (χ0v) is 12.1. The van der Waals surface area contributed by atoms with Crippen LogP contribution in [0.4, 0.5) is 0 Å². The zero-order chi connectivity index (χ0) is 13.7. The first-order chi connectivity index (χ1) is 9.19. The van der Waals surface area contributed by atoms with Gasteiger partial charge in [0.1, 0.15) is 0 Å². The van der Waals surface area contributed by atoms with Crippen LogP contribution in [-0.2, 0) is 6.54 Å². The fourth-order valence-electron chi connectivity index (χ4n) is 2.59. The van der Waals surface area contributed by atoms with Crippen molar-refractivity contribution in [2.75, 3.05) is 32.7 Å². The van der Waals surface area contributed by atoms with Crippen molar-refractivity contribution in [2.45, 2.75) is 26.8 Å². The summed E-state index contributed by atoms with van der Waals surface area (Å²) in [5, 5.41) is 0. The third-order valence-electron chi connectivity index (χ3n) is 3.77. The van der Waals surface area contributed by atoms with E-state index in [9.17, 15) is 4.79 Å². The molecule has 1 heterocycles. The molecule has 1 saturated heterocycles. The molecule has 2 rings (SSSR count). The van der Waals surface area contributed by atoms with Gasteiger partial charge in [-0.15, -0.1) is 0 Å². The molecule has 0 aliphatic carbocycles. The van der Waals surface area contributed by atoms with Gasteiger partial charge in [-0.05, 0) is 25.5 Å². The van der Waals surface area contributed by atoms with Crippen LogP contribution in [0.15, 0.2) is 24.3 Å². The number of carbonyl (C=O) groups is 1. The molecule has 0 N–H and O–H groups in total. The molecule has 0 amide bonds. The Morgan fingerprint density at radius 2 is 1.63 bits per heavy atom. The molecule has 3 heteroatoms. The van der Waals surface area contributed by atoms with Gasteiger partial charge in [0.05, 0.1) is 0 Å². The van der Waals surface area contributed by atoms with Crippen molar-refractivity contribution in [1.29, 1.82) is 0 Å². The maximum atomic E-state index is 11.2. The van der Waals surface area contributed by atoms with Gasteiger partial charge in [0.15, 0.2) is 5.78 Å². The van der Waals surface area contributed by atoms with Crippen molar-refractivity contribution in [3.05, 3.63) is 35.4 Å². The van der Waals surface area contributed by atoms with Gasteiger partial charge < -0.3 is 4.90 Å². The van der Waals surface area contributed by atoms with Crippen molar-refractivity contribution >= 4 is 5.78 Å². The summed E-state index contributed by atoms with van der Waals surface area (Å²) in [7, 11) is 0. The van der Waals surface area contributed by atoms with E-state index >= 15 is 0 Å². The Bertz CT molecular complexity index is 405. The van der Waals surface area contributed by atoms with Crippen LogP contribution >= 0.6 is 0 Å². The van der Waals surface area contributed by atoms with E-state index in [1.165, 1.54) is 31.6 Å². The molecule has 0 atom stereocenters. The van der Waals surface area contributed by atoms with Gasteiger partial charge in [0, 0.05) is 38.3 Å². The van der Waals surface area contributed by atoms with E-state index in [1.807, 2.05) is 12.1 Å². The molecule has 1 aromatic carbocycles. The quantitative estimate of drug-likeness (QED) is 0.760. The SMILES string of the molecule is CCCN1CCN(Cc2ccc(C(C)=O)cc2)CC1. The van der Waals surface area contributed by atoms with E-state index in [0.717, 1.165) is 25.2 Å². The molecule has 1 fully saturated rings. The molecule has 0 radical (unpaired) electrons. The topological polar surface area (TPSA) is 23.6 Å². The number of ketones is 1. The van der Waals surface area contributed by atoms with E-state index in [0.29, 0.717) is 0 Å². The number of rotatable bonds is 5. The summed E-state index contributed by atoms with van der Waals surface area (Å²) in [6.07, 6.45) is 1.24. The number of nitrogens with zero attached hydrogens (tertiary/aromatic N) is 2. The van der Waals surface area contributed by atoms with Gasteiger partial charge in [0.2, 0.25) is 0 Å². The van der Waals surface area contributed by atoms with Gasteiger partial charge in [-0.25, -0.2) is 0 Å². The summed E-state index contributed by atoms with van der Waals surface area (Å²) < 4.78 is 0. The number of hydrogen-bond donors (Lipinski definition) is 0. The van der Waals surface area contributed by atoms with Crippen LogP contribution in [0.3, 0.4) is 0 Å². The van der Waals surface area contributed by atoms with Crippen LogP contribution < -0.4 is 0 Å². The van der Waals surface area contributed by atoms with Crippen LogP contribution in [-0.4, -0.2) is 48.3 Å². The number of piperazine rings is 1. The Balaban J connectivity index is 1.83. The third kappa shape index (κ3) is 4.15. The predicted octanol–water partition coefficient (Wildman–Crippen LogP) is 2.42. The van der Waals surface area contributed by atoms with Gasteiger partial charge in [-0.2, -0.15) is 0 Å². The number of carbonyl (C=O) groups excluding carboxylic acids is 1. The number of Topliss-reactive ketones (excluding diaryl/α,β-unsaturated/α-hetero) is 1. The second kappa shape index (κ2) is 6.83. The maximum absolute atomic E-state index is 11.2. The summed E-state index contributed by atoms with van der Waals surface area (Å²) in [6, 6.07) is 8.03. The van der Waals surface area contributed by atoms with Gasteiger partial charge in [0.25, 0.3) is 0 Å². The second-order valence-corrected chi connectivity index (χ2v) is 5.37. The molecule has 0 spiro atoms. The highest BCUT2D eigenvalue weighted by Gasteiger charge is 2.15. The Morgan fingerprint density at radius 3 is 2.16 bits per heavy atom. The first kappa shape index (κ1) is 14.2. The summed E-state index contributed by atoms with van der Waals surface area (Å²) >= 11 is 0. The molecule has 1 aliphatic heterocycles. The molecule has 1 aromatic rings. The first-order valence-electron chi connectivity index (χ1n) is 7.23. The summed E-state index contributed by atoms with van der Waals surface area (Å²) in [6.45, 7) is 10.7. The minimum Gasteiger partial charge on any atom is -0.301 e. The molecule has 0 aromatic heterocycles. The average Bonchev–Trinajstić information content (AvgIpc) is 2.42. The lowest BCUT2D eigenvalue weighted by Gasteiger charge is -2.34. The smallest absolute Gasteiger partial charge is 0.159 e. The monoisotopic (exact) mass is 260 g/mol. The molecule has 0 saturated carbocycles. The van der Waals surface area contributed by atoms with Crippen LogP contribution in [0.5, 0.6) is 0 Å². The van der Waals surface area contributed by atoms with Crippen molar-refractivity contribution in [1.82, 2.24) is 9.80 Å². The zero-order valence-electron chi connectivity index (χ0n) is 12.1. The number of benzene rings is 1. The highest BCUT2D eigenvalue weighted by atomic mass is 16.1. The van der Waals surface area contributed by atoms with Crippen LogP contribution in [0.1, 0.15) is 36.2 Å². The van der Waals surface area contributed by atoms with Crippen molar-refractivity contribution < 1.29 is 4.79 Å². The lowest BCUT2D eigenvalue weighted by molar-refractivity contribution is 0.101. The molecule has 1 aliphatic rings. The fraction of sp³-hybridized carbons (Fsp3) is 0.562. The molecule has 104 valence electrons. The summed E-state index contributed by atoms with van der Waals surface area (Å²) in [5.41, 5.74) is 2.10. The molecular weight excluding hydrogens is 236 g/mol. The van der Waals surface area contributed by atoms with E-state index < -0.39 is 0 Å². The van der Waals surface area contributed by atoms with E-state index in [2.05, 4.69) is 28.9 Å². The summed E-state index contributed by atoms with van der Waals surface area (Å²) in [4.78, 5) is 16.3. The summed E-state index contributed by atoms with van der Waals surface area (Å²) in [5.74, 6) is 0.139. The lowest BCUT2D eigenvalue weighted by atomic mass is 10.1. The Hall–Kier alpha value is -1.19.